The number of hydrogen-bond donors (Lipinski definition) is 2. The van der Waals surface area contributed by atoms with Gasteiger partial charge in [-0.15, -0.1) is 0 Å². The summed E-state index contributed by atoms with van der Waals surface area (Å²) >= 11 is 0. The lowest BCUT2D eigenvalue weighted by atomic mass is 10.0. The third-order valence-electron chi connectivity index (χ3n) is 2.03. The first-order valence-electron chi connectivity index (χ1n) is 4.52. The fourth-order valence-electron chi connectivity index (χ4n) is 1.33. The largest absolute Gasteiger partial charge is 0.508 e. The molecule has 0 fully saturated rings. The lowest BCUT2D eigenvalue weighted by Crippen LogP contribution is -1.94. The summed E-state index contributed by atoms with van der Waals surface area (Å²) in [6, 6.07) is 3.25. The van der Waals surface area contributed by atoms with Gasteiger partial charge in [0.25, 0.3) is 0 Å². The van der Waals surface area contributed by atoms with E-state index in [0.29, 0.717) is 11.5 Å². The molecular formula is C11H16O2. The summed E-state index contributed by atoms with van der Waals surface area (Å²) < 4.78 is 0. The monoisotopic (exact) mass is 180 g/mol. The van der Waals surface area contributed by atoms with Crippen LogP contribution in [0.4, 0.5) is 0 Å². The minimum absolute atomic E-state index is 0.258. The van der Waals surface area contributed by atoms with Crippen LogP contribution in [0.25, 0.3) is 0 Å². The molecule has 1 aromatic rings. The zero-order chi connectivity index (χ0) is 10.0. The van der Waals surface area contributed by atoms with Crippen LogP contribution in [-0.2, 0) is 6.42 Å². The molecule has 13 heavy (non-hydrogen) atoms. The summed E-state index contributed by atoms with van der Waals surface area (Å²) in [4.78, 5) is 0. The molecule has 0 radical (unpaired) electrons. The average Bonchev–Trinajstić information content (AvgIpc) is 1.99. The van der Waals surface area contributed by atoms with Crippen molar-refractivity contribution in [2.45, 2.75) is 27.2 Å². The van der Waals surface area contributed by atoms with E-state index in [1.54, 1.807) is 19.1 Å². The maximum atomic E-state index is 9.55. The van der Waals surface area contributed by atoms with Gasteiger partial charge in [-0.05, 0) is 42.5 Å². The molecule has 0 spiro atoms. The topological polar surface area (TPSA) is 40.5 Å². The normalized spacial score (nSPS) is 10.8. The predicted octanol–water partition coefficient (Wildman–Crippen LogP) is 2.60. The van der Waals surface area contributed by atoms with E-state index >= 15 is 0 Å². The Morgan fingerprint density at radius 1 is 1.15 bits per heavy atom. The van der Waals surface area contributed by atoms with Gasteiger partial charge in [-0.25, -0.2) is 0 Å². The fourth-order valence-corrected chi connectivity index (χ4v) is 1.33. The SMILES string of the molecule is Cc1cc(O)c(CC(C)C)cc1O. The molecule has 0 aromatic heterocycles. The van der Waals surface area contributed by atoms with Gasteiger partial charge in [0.05, 0.1) is 0 Å². The van der Waals surface area contributed by atoms with E-state index in [2.05, 4.69) is 13.8 Å². The summed E-state index contributed by atoms with van der Waals surface area (Å²) in [6.45, 7) is 5.93. The highest BCUT2D eigenvalue weighted by Gasteiger charge is 2.07. The second-order valence-corrected chi connectivity index (χ2v) is 3.87. The van der Waals surface area contributed by atoms with Gasteiger partial charge in [0, 0.05) is 0 Å². The highest BCUT2D eigenvalue weighted by molar-refractivity contribution is 5.44. The molecule has 0 unspecified atom stereocenters. The van der Waals surface area contributed by atoms with Gasteiger partial charge in [-0.1, -0.05) is 13.8 Å². The molecule has 0 aliphatic carbocycles. The molecule has 0 bridgehead atoms. The van der Waals surface area contributed by atoms with E-state index in [9.17, 15) is 10.2 Å². The number of aromatic hydroxyl groups is 2. The molecule has 72 valence electrons. The lowest BCUT2D eigenvalue weighted by Gasteiger charge is -2.09. The van der Waals surface area contributed by atoms with E-state index in [-0.39, 0.29) is 11.5 Å². The number of aryl methyl sites for hydroxylation is 1. The zero-order valence-electron chi connectivity index (χ0n) is 8.33. The molecule has 0 aliphatic rings. The van der Waals surface area contributed by atoms with Crippen molar-refractivity contribution in [2.24, 2.45) is 5.92 Å². The number of phenolic OH excluding ortho intramolecular Hbond substituents is 2. The first-order chi connectivity index (χ1) is 6.00. The van der Waals surface area contributed by atoms with Crippen LogP contribution >= 0.6 is 0 Å². The van der Waals surface area contributed by atoms with Crippen molar-refractivity contribution >= 4 is 0 Å². The van der Waals surface area contributed by atoms with Crippen LogP contribution in [0.5, 0.6) is 11.5 Å². The zero-order valence-corrected chi connectivity index (χ0v) is 8.33. The van der Waals surface area contributed by atoms with Crippen molar-refractivity contribution in [1.29, 1.82) is 0 Å². The smallest absolute Gasteiger partial charge is 0.119 e. The number of rotatable bonds is 2. The van der Waals surface area contributed by atoms with Gasteiger partial charge in [-0.3, -0.25) is 0 Å². The third-order valence-corrected chi connectivity index (χ3v) is 2.03. The van der Waals surface area contributed by atoms with Crippen LogP contribution in [0.15, 0.2) is 12.1 Å². The van der Waals surface area contributed by atoms with Crippen molar-refractivity contribution in [3.63, 3.8) is 0 Å². The third kappa shape index (κ3) is 2.38. The average molecular weight is 180 g/mol. The summed E-state index contributed by atoms with van der Waals surface area (Å²) in [6.07, 6.45) is 0.791. The second kappa shape index (κ2) is 3.69. The number of hydrogen-bond acceptors (Lipinski definition) is 2. The molecule has 1 aromatic carbocycles. The molecule has 0 heterocycles. The summed E-state index contributed by atoms with van der Waals surface area (Å²) in [5, 5.41) is 19.0. The highest BCUT2D eigenvalue weighted by atomic mass is 16.3. The molecule has 0 aliphatic heterocycles. The van der Waals surface area contributed by atoms with Gasteiger partial charge >= 0.3 is 0 Å². The summed E-state index contributed by atoms with van der Waals surface area (Å²) in [5.41, 5.74) is 1.53. The maximum absolute atomic E-state index is 9.55. The van der Waals surface area contributed by atoms with Gasteiger partial charge in [0.15, 0.2) is 0 Å². The van der Waals surface area contributed by atoms with Gasteiger partial charge in [-0.2, -0.15) is 0 Å². The van der Waals surface area contributed by atoms with Crippen molar-refractivity contribution in [3.8, 4) is 11.5 Å². The van der Waals surface area contributed by atoms with E-state index in [1.165, 1.54) is 0 Å². The Morgan fingerprint density at radius 3 is 2.31 bits per heavy atom. The minimum atomic E-state index is 0.258. The van der Waals surface area contributed by atoms with E-state index in [0.717, 1.165) is 12.0 Å². The van der Waals surface area contributed by atoms with Gasteiger partial charge in [0.2, 0.25) is 0 Å². The summed E-state index contributed by atoms with van der Waals surface area (Å²) in [5.74, 6) is 1.02. The number of phenols is 2. The van der Waals surface area contributed by atoms with Crippen LogP contribution in [0.2, 0.25) is 0 Å². The highest BCUT2D eigenvalue weighted by Crippen LogP contribution is 2.28. The minimum Gasteiger partial charge on any atom is -0.508 e. The fraction of sp³-hybridized carbons (Fsp3) is 0.455. The molecular weight excluding hydrogens is 164 g/mol. The first kappa shape index (κ1) is 9.90. The Balaban J connectivity index is 3.01. The molecule has 0 amide bonds. The quantitative estimate of drug-likeness (QED) is 0.687. The Hall–Kier alpha value is -1.18. The Bertz CT molecular complexity index is 303. The van der Waals surface area contributed by atoms with E-state index < -0.39 is 0 Å². The molecule has 2 nitrogen and oxygen atoms in total. The van der Waals surface area contributed by atoms with Crippen LogP contribution in [0, 0.1) is 12.8 Å². The standard InChI is InChI=1S/C11H16O2/c1-7(2)4-9-6-10(12)8(3)5-11(9)13/h5-7,12-13H,4H2,1-3H3. The van der Waals surface area contributed by atoms with Crippen molar-refractivity contribution in [3.05, 3.63) is 23.3 Å². The van der Waals surface area contributed by atoms with Crippen LogP contribution in [0.3, 0.4) is 0 Å². The molecule has 0 saturated heterocycles. The Morgan fingerprint density at radius 2 is 1.77 bits per heavy atom. The van der Waals surface area contributed by atoms with Gasteiger partial charge < -0.3 is 10.2 Å². The van der Waals surface area contributed by atoms with Gasteiger partial charge in [0.1, 0.15) is 11.5 Å². The summed E-state index contributed by atoms with van der Waals surface area (Å²) in [7, 11) is 0. The maximum Gasteiger partial charge on any atom is 0.119 e. The van der Waals surface area contributed by atoms with Crippen LogP contribution < -0.4 is 0 Å². The lowest BCUT2D eigenvalue weighted by molar-refractivity contribution is 0.446. The molecule has 0 atom stereocenters. The molecule has 2 heteroatoms. The molecule has 1 rings (SSSR count). The van der Waals surface area contributed by atoms with Crippen molar-refractivity contribution in [2.75, 3.05) is 0 Å². The van der Waals surface area contributed by atoms with Crippen molar-refractivity contribution < 1.29 is 10.2 Å². The Labute approximate surface area is 78.8 Å². The van der Waals surface area contributed by atoms with Crippen LogP contribution in [0.1, 0.15) is 25.0 Å². The first-order valence-corrected chi connectivity index (χ1v) is 4.52. The van der Waals surface area contributed by atoms with E-state index in [1.807, 2.05) is 0 Å². The molecule has 2 N–H and O–H groups in total. The van der Waals surface area contributed by atoms with E-state index in [4.69, 9.17) is 0 Å². The predicted molar refractivity (Wildman–Crippen MR) is 53.1 cm³/mol. The van der Waals surface area contributed by atoms with Crippen LogP contribution in [-0.4, -0.2) is 10.2 Å². The molecule has 0 saturated carbocycles. The second-order valence-electron chi connectivity index (χ2n) is 3.87. The Kier molecular flexibility index (Phi) is 2.81. The number of benzene rings is 1. The van der Waals surface area contributed by atoms with Crippen molar-refractivity contribution in [1.82, 2.24) is 0 Å².